The number of ketones is 2. The Kier molecular flexibility index (Phi) is 6.08. The molecule has 2 aliphatic heterocycles. The molecule has 2 aliphatic carbocycles. The Morgan fingerprint density at radius 3 is 2.69 bits per heavy atom. The normalized spacial score (nSPS) is 43.1. The van der Waals surface area contributed by atoms with E-state index >= 15 is 0 Å². The van der Waals surface area contributed by atoms with Crippen molar-refractivity contribution >= 4 is 28.4 Å². The SMILES string of the molecule is C/C1=C\[C@@H](C)C/C=C/[C@H]2[C@@H]3[18O][C@]3(C)[C@@H](C)[C@H]3[C@H](Cc4c[nH]c5ccccc45)NC(=O)[C@]32C(=O)/C=C/C(=O)[C@@H]1O. The number of para-hydroxylation sites is 1. The highest BCUT2D eigenvalue weighted by molar-refractivity contribution is 6.15. The second-order valence-electron chi connectivity index (χ2n) is 12.1. The van der Waals surface area contributed by atoms with Gasteiger partial charge in [0.25, 0.3) is 0 Å². The zero-order valence-corrected chi connectivity index (χ0v) is 22.8. The van der Waals surface area contributed by atoms with E-state index in [4.69, 9.17) is 4.74 Å². The van der Waals surface area contributed by atoms with Gasteiger partial charge in [0.05, 0.1) is 11.7 Å². The molecule has 1 spiro atoms. The number of amides is 1. The summed E-state index contributed by atoms with van der Waals surface area (Å²) in [5, 5.41) is 14.9. The van der Waals surface area contributed by atoms with Gasteiger partial charge in [0.15, 0.2) is 11.6 Å². The molecule has 1 aromatic carbocycles. The average Bonchev–Trinajstić information content (AvgIpc) is 3.31. The van der Waals surface area contributed by atoms with Gasteiger partial charge in [0.1, 0.15) is 11.5 Å². The number of hydrogen-bond acceptors (Lipinski definition) is 5. The highest BCUT2D eigenvalue weighted by atomic mass is 18.4. The third kappa shape index (κ3) is 3.81. The first kappa shape index (κ1) is 26.0. The number of carbonyl (C=O) groups is 3. The molecule has 0 radical (unpaired) electrons. The number of nitrogens with one attached hydrogen (secondary N) is 2. The molecule has 3 fully saturated rings. The van der Waals surface area contributed by atoms with Crippen LogP contribution in [0.15, 0.2) is 66.4 Å². The maximum atomic E-state index is 14.2. The van der Waals surface area contributed by atoms with Crippen molar-refractivity contribution in [1.82, 2.24) is 10.3 Å². The first-order chi connectivity index (χ1) is 18.6. The van der Waals surface area contributed by atoms with Gasteiger partial charge < -0.3 is 20.1 Å². The van der Waals surface area contributed by atoms with E-state index in [0.717, 1.165) is 22.5 Å². The number of aromatic amines is 1. The summed E-state index contributed by atoms with van der Waals surface area (Å²) < 4.78 is 6.33. The fraction of sp³-hybridized carbons (Fsp3) is 0.469. The summed E-state index contributed by atoms with van der Waals surface area (Å²) >= 11 is 0. The number of allylic oxidation sites excluding steroid dienone is 3. The maximum Gasteiger partial charge on any atom is 0.235 e. The van der Waals surface area contributed by atoms with Crippen molar-refractivity contribution in [3.05, 3.63) is 72.0 Å². The summed E-state index contributed by atoms with van der Waals surface area (Å²) in [7, 11) is 0. The standard InChI is InChI=1S/C32H36N2O5/c1-17-8-7-10-22-29-31(4,39-29)19(3)27-24(15-20-16-33-23-11-6-5-9-21(20)23)34-30(38)32(22,27)26(36)13-12-25(35)28(37)18(2)14-17/h5-7,9-14,16-17,19,22,24,27-29,33,37H,8,15H2,1-4H3,(H,34,38)/b10-7+,13-12+,18-14+/t17-,19-,22-,24-,27-,28+,29-,31+,32+/m0/s1/i39+2. The van der Waals surface area contributed by atoms with Crippen molar-refractivity contribution in [2.24, 2.45) is 29.1 Å². The van der Waals surface area contributed by atoms with E-state index in [0.29, 0.717) is 18.4 Å². The Labute approximate surface area is 228 Å². The van der Waals surface area contributed by atoms with E-state index < -0.39 is 34.6 Å². The molecule has 1 amide bonds. The predicted molar refractivity (Wildman–Crippen MR) is 148 cm³/mol. The first-order valence-corrected chi connectivity index (χ1v) is 13.9. The topological polar surface area (TPSA) is 112 Å². The molecule has 1 aromatic heterocycles. The van der Waals surface area contributed by atoms with Crippen molar-refractivity contribution in [2.45, 2.75) is 64.4 Å². The molecule has 0 unspecified atom stereocenters. The smallest absolute Gasteiger partial charge is 0.235 e. The fourth-order valence-electron chi connectivity index (χ4n) is 7.66. The third-order valence-electron chi connectivity index (χ3n) is 9.86. The number of H-pyrrole nitrogens is 1. The van der Waals surface area contributed by atoms with Gasteiger partial charge in [-0.15, -0.1) is 0 Å². The molecule has 204 valence electrons. The van der Waals surface area contributed by atoms with Crippen LogP contribution in [0.4, 0.5) is 0 Å². The van der Waals surface area contributed by atoms with Crippen LogP contribution in [0.2, 0.25) is 0 Å². The van der Waals surface area contributed by atoms with Crippen LogP contribution in [-0.2, 0) is 25.5 Å². The lowest BCUT2D eigenvalue weighted by molar-refractivity contribution is -0.145. The van der Waals surface area contributed by atoms with Crippen LogP contribution < -0.4 is 5.32 Å². The first-order valence-electron chi connectivity index (χ1n) is 13.9. The van der Waals surface area contributed by atoms with Crippen molar-refractivity contribution in [3.63, 3.8) is 0 Å². The lowest BCUT2D eigenvalue weighted by Gasteiger charge is -2.45. The molecular formula is C32H36N2O5. The summed E-state index contributed by atoms with van der Waals surface area (Å²) in [5.74, 6) is -2.11. The van der Waals surface area contributed by atoms with Crippen molar-refractivity contribution in [3.8, 4) is 0 Å². The number of hydrogen-bond donors (Lipinski definition) is 3. The van der Waals surface area contributed by atoms with Crippen molar-refractivity contribution < 1.29 is 24.2 Å². The Hall–Kier alpha value is -3.29. The molecule has 4 aliphatic rings. The van der Waals surface area contributed by atoms with Gasteiger partial charge in [-0.25, -0.2) is 0 Å². The molecule has 2 saturated heterocycles. The van der Waals surface area contributed by atoms with E-state index in [1.54, 1.807) is 6.92 Å². The number of aliphatic hydroxyl groups is 1. The van der Waals surface area contributed by atoms with E-state index in [2.05, 4.69) is 30.2 Å². The molecule has 9 atom stereocenters. The van der Waals surface area contributed by atoms with Crippen LogP contribution in [0, 0.1) is 29.1 Å². The number of aliphatic hydroxyl groups excluding tert-OH is 1. The molecular weight excluding hydrogens is 494 g/mol. The highest BCUT2D eigenvalue weighted by Gasteiger charge is 2.78. The molecule has 3 heterocycles. The van der Waals surface area contributed by atoms with Crippen LogP contribution >= 0.6 is 0 Å². The number of epoxide rings is 1. The minimum absolute atomic E-state index is 0.0666. The molecule has 6 rings (SSSR count). The Morgan fingerprint density at radius 1 is 1.13 bits per heavy atom. The van der Waals surface area contributed by atoms with Gasteiger partial charge in [-0.1, -0.05) is 50.3 Å². The summed E-state index contributed by atoms with van der Waals surface area (Å²) in [6.45, 7) is 7.90. The Morgan fingerprint density at radius 2 is 1.90 bits per heavy atom. The zero-order chi connectivity index (χ0) is 27.7. The summed E-state index contributed by atoms with van der Waals surface area (Å²) in [4.78, 5) is 44.5. The minimum atomic E-state index is -1.41. The van der Waals surface area contributed by atoms with Crippen LogP contribution in [-0.4, -0.2) is 51.4 Å². The van der Waals surface area contributed by atoms with Crippen LogP contribution in [0.5, 0.6) is 0 Å². The molecule has 0 bridgehead atoms. The van der Waals surface area contributed by atoms with Crippen LogP contribution in [0.3, 0.4) is 0 Å². The monoisotopic (exact) mass is 530 g/mol. The summed E-state index contributed by atoms with van der Waals surface area (Å²) in [6.07, 6.45) is 9.89. The van der Waals surface area contributed by atoms with E-state index in [1.165, 1.54) is 6.08 Å². The van der Waals surface area contributed by atoms with E-state index in [1.807, 2.05) is 49.5 Å². The number of ether oxygens (including phenoxy) is 1. The minimum Gasteiger partial charge on any atom is -0.381 e. The van der Waals surface area contributed by atoms with Gasteiger partial charge in [0.2, 0.25) is 5.91 Å². The second-order valence-corrected chi connectivity index (χ2v) is 12.1. The highest BCUT2D eigenvalue weighted by Crippen LogP contribution is 2.66. The predicted octanol–water partition coefficient (Wildman–Crippen LogP) is 3.83. The summed E-state index contributed by atoms with van der Waals surface area (Å²) in [5.41, 5.74) is 0.805. The number of benzene rings is 1. The average molecular weight is 531 g/mol. The van der Waals surface area contributed by atoms with Gasteiger partial charge >= 0.3 is 0 Å². The van der Waals surface area contributed by atoms with Crippen LogP contribution in [0.1, 0.15) is 39.7 Å². The number of aromatic nitrogens is 1. The number of rotatable bonds is 2. The van der Waals surface area contributed by atoms with Crippen molar-refractivity contribution in [1.29, 1.82) is 0 Å². The lowest BCUT2D eigenvalue weighted by atomic mass is 9.51. The van der Waals surface area contributed by atoms with Gasteiger partial charge in [-0.3, -0.25) is 14.4 Å². The maximum absolute atomic E-state index is 14.2. The molecule has 7 heteroatoms. The van der Waals surface area contributed by atoms with Crippen LogP contribution in [0.25, 0.3) is 10.9 Å². The van der Waals surface area contributed by atoms with E-state index in [9.17, 15) is 19.5 Å². The summed E-state index contributed by atoms with van der Waals surface area (Å²) in [6, 6.07) is 7.77. The molecule has 2 aromatic rings. The molecule has 3 N–H and O–H groups in total. The van der Waals surface area contributed by atoms with Gasteiger partial charge in [0, 0.05) is 35.0 Å². The number of fused-ring (bicyclic) bond motifs is 3. The Bertz CT molecular complexity index is 1450. The molecule has 7 nitrogen and oxygen atoms in total. The largest absolute Gasteiger partial charge is 0.381 e. The van der Waals surface area contributed by atoms with Crippen molar-refractivity contribution in [2.75, 3.05) is 0 Å². The fourth-order valence-corrected chi connectivity index (χ4v) is 7.66. The molecule has 39 heavy (non-hydrogen) atoms. The lowest BCUT2D eigenvalue weighted by Crippen LogP contribution is -2.58. The quantitative estimate of drug-likeness (QED) is 0.237. The van der Waals surface area contributed by atoms with Gasteiger partial charge in [-0.05, 0) is 67.9 Å². The van der Waals surface area contributed by atoms with E-state index in [-0.39, 0.29) is 35.8 Å². The Balaban J connectivity index is 1.46. The van der Waals surface area contributed by atoms with Gasteiger partial charge in [-0.2, -0.15) is 0 Å². The second kappa shape index (κ2) is 9.14. The zero-order valence-electron chi connectivity index (χ0n) is 22.8. The molecule has 1 saturated carbocycles. The number of carbonyl (C=O) groups excluding carboxylic acids is 3. The third-order valence-corrected chi connectivity index (χ3v) is 9.86.